The van der Waals surface area contributed by atoms with Crippen LogP contribution in [0, 0.1) is 0 Å². The molecule has 0 bridgehead atoms. The lowest BCUT2D eigenvalue weighted by Crippen LogP contribution is -2.05. The van der Waals surface area contributed by atoms with Crippen molar-refractivity contribution in [3.05, 3.63) is 90.8 Å². The fraction of sp³-hybridized carbons (Fsp3) is 0.0800. The molecule has 0 radical (unpaired) electrons. The van der Waals surface area contributed by atoms with E-state index in [4.69, 9.17) is 0 Å². The summed E-state index contributed by atoms with van der Waals surface area (Å²) in [5, 5.41) is 12.2. The van der Waals surface area contributed by atoms with E-state index in [-0.39, 0.29) is 5.78 Å². The first-order valence-electron chi connectivity index (χ1n) is 9.77. The number of nitrogens with one attached hydrogen (secondary N) is 1. The number of carbonyl (C=O) groups excluding carboxylic acids is 1. The first-order valence-corrected chi connectivity index (χ1v) is 10.8. The summed E-state index contributed by atoms with van der Waals surface area (Å²) in [5.74, 6) is 0.548. The van der Waals surface area contributed by atoms with Crippen LogP contribution in [0.25, 0.3) is 32.7 Å². The molecule has 4 aromatic carbocycles. The standard InChI is InChI=1S/C25H19N3OS/c29-20(15-30-25-26-16-27-28-25)13-17-9-11-18(12-10-17)24-14-19-5-1-2-6-21(19)22-7-3-4-8-23(22)24/h1-12,14,16H,13,15H2,(H,26,27,28). The molecule has 0 fully saturated rings. The van der Waals surface area contributed by atoms with Gasteiger partial charge in [0.05, 0.1) is 5.75 Å². The first kappa shape index (κ1) is 18.6. The van der Waals surface area contributed by atoms with Crippen molar-refractivity contribution >= 4 is 39.1 Å². The average Bonchev–Trinajstić information content (AvgIpc) is 3.32. The summed E-state index contributed by atoms with van der Waals surface area (Å²) < 4.78 is 0. The van der Waals surface area contributed by atoms with Crippen LogP contribution in [0.15, 0.2) is 90.3 Å². The van der Waals surface area contributed by atoms with Gasteiger partial charge >= 0.3 is 0 Å². The topological polar surface area (TPSA) is 58.6 Å². The van der Waals surface area contributed by atoms with Crippen LogP contribution in [0.4, 0.5) is 0 Å². The summed E-state index contributed by atoms with van der Waals surface area (Å²) >= 11 is 1.38. The molecule has 1 heterocycles. The fourth-order valence-corrected chi connectivity index (χ4v) is 4.43. The van der Waals surface area contributed by atoms with Crippen molar-refractivity contribution in [2.24, 2.45) is 0 Å². The lowest BCUT2D eigenvalue weighted by Gasteiger charge is -2.11. The number of aromatic nitrogens is 3. The molecule has 5 aromatic rings. The number of fused-ring (bicyclic) bond motifs is 3. The number of Topliss-reactive ketones (excluding diaryl/α,β-unsaturated/α-hetero) is 1. The zero-order valence-electron chi connectivity index (χ0n) is 16.2. The molecule has 0 aliphatic heterocycles. The predicted molar refractivity (Wildman–Crippen MR) is 123 cm³/mol. The third-order valence-electron chi connectivity index (χ3n) is 5.20. The molecule has 30 heavy (non-hydrogen) atoms. The van der Waals surface area contributed by atoms with Gasteiger partial charge in [0.2, 0.25) is 0 Å². The number of nitrogens with zero attached hydrogens (tertiary/aromatic N) is 2. The molecular formula is C25H19N3OS. The summed E-state index contributed by atoms with van der Waals surface area (Å²) in [7, 11) is 0. The number of hydrogen-bond donors (Lipinski definition) is 1. The molecule has 5 heteroatoms. The van der Waals surface area contributed by atoms with Crippen LogP contribution in [0.1, 0.15) is 5.56 Å². The maximum atomic E-state index is 12.3. The van der Waals surface area contributed by atoms with Crippen LogP contribution in [-0.4, -0.2) is 26.7 Å². The summed E-state index contributed by atoms with van der Waals surface area (Å²) in [6.45, 7) is 0. The highest BCUT2D eigenvalue weighted by Gasteiger charge is 2.10. The van der Waals surface area contributed by atoms with Crippen LogP contribution >= 0.6 is 11.8 Å². The Morgan fingerprint density at radius 3 is 2.37 bits per heavy atom. The van der Waals surface area contributed by atoms with Crippen LogP contribution in [0.3, 0.4) is 0 Å². The highest BCUT2D eigenvalue weighted by atomic mass is 32.2. The first-order chi connectivity index (χ1) is 14.8. The lowest BCUT2D eigenvalue weighted by molar-refractivity contribution is -0.116. The average molecular weight is 410 g/mol. The van der Waals surface area contributed by atoms with Gasteiger partial charge in [-0.25, -0.2) is 4.98 Å². The zero-order valence-corrected chi connectivity index (χ0v) is 17.0. The number of aromatic amines is 1. The minimum absolute atomic E-state index is 0.167. The number of hydrogen-bond acceptors (Lipinski definition) is 4. The Labute approximate surface area is 178 Å². The van der Waals surface area contributed by atoms with E-state index in [0.29, 0.717) is 17.3 Å². The molecule has 0 amide bonds. The number of thioether (sulfide) groups is 1. The third kappa shape index (κ3) is 3.72. The third-order valence-corrected chi connectivity index (χ3v) is 6.13. The molecule has 0 atom stereocenters. The quantitative estimate of drug-likeness (QED) is 0.289. The highest BCUT2D eigenvalue weighted by Crippen LogP contribution is 2.34. The number of H-pyrrole nitrogens is 1. The van der Waals surface area contributed by atoms with E-state index >= 15 is 0 Å². The normalized spacial score (nSPS) is 11.2. The van der Waals surface area contributed by atoms with Gasteiger partial charge in [-0.1, -0.05) is 84.6 Å². The van der Waals surface area contributed by atoms with Crippen LogP contribution in [0.5, 0.6) is 0 Å². The van der Waals surface area contributed by atoms with E-state index in [1.807, 2.05) is 0 Å². The molecule has 0 aliphatic rings. The molecule has 1 N–H and O–H groups in total. The predicted octanol–water partition coefficient (Wildman–Crippen LogP) is 5.68. The molecule has 4 nitrogen and oxygen atoms in total. The van der Waals surface area contributed by atoms with Crippen molar-refractivity contribution in [2.45, 2.75) is 11.6 Å². The fourth-order valence-electron chi connectivity index (χ4n) is 3.79. The smallest absolute Gasteiger partial charge is 0.183 e. The van der Waals surface area contributed by atoms with Crippen molar-refractivity contribution in [1.29, 1.82) is 0 Å². The van der Waals surface area contributed by atoms with E-state index < -0.39 is 0 Å². The van der Waals surface area contributed by atoms with Crippen molar-refractivity contribution in [3.63, 3.8) is 0 Å². The Kier molecular flexibility index (Phi) is 5.03. The minimum Gasteiger partial charge on any atom is -0.298 e. The van der Waals surface area contributed by atoms with Gasteiger partial charge < -0.3 is 0 Å². The zero-order chi connectivity index (χ0) is 20.3. The Morgan fingerprint density at radius 1 is 0.867 bits per heavy atom. The second-order valence-corrected chi connectivity index (χ2v) is 8.15. The van der Waals surface area contributed by atoms with Gasteiger partial charge in [0.1, 0.15) is 12.1 Å². The molecule has 0 saturated carbocycles. The van der Waals surface area contributed by atoms with E-state index in [2.05, 4.69) is 94.0 Å². The van der Waals surface area contributed by atoms with E-state index in [1.165, 1.54) is 45.2 Å². The van der Waals surface area contributed by atoms with E-state index in [1.54, 1.807) is 0 Å². The lowest BCUT2D eigenvalue weighted by atomic mass is 9.93. The molecule has 1 aromatic heterocycles. The van der Waals surface area contributed by atoms with Gasteiger partial charge in [-0.15, -0.1) is 0 Å². The molecule has 5 rings (SSSR count). The summed E-state index contributed by atoms with van der Waals surface area (Å²) in [4.78, 5) is 16.3. The van der Waals surface area contributed by atoms with Crippen LogP contribution in [-0.2, 0) is 11.2 Å². The molecule has 0 spiro atoms. The van der Waals surface area contributed by atoms with Crippen LogP contribution < -0.4 is 0 Å². The Bertz CT molecular complexity index is 1330. The van der Waals surface area contributed by atoms with Crippen molar-refractivity contribution in [2.75, 3.05) is 5.75 Å². The van der Waals surface area contributed by atoms with Gasteiger partial charge in [-0.3, -0.25) is 9.89 Å². The van der Waals surface area contributed by atoms with Crippen molar-refractivity contribution in [3.8, 4) is 11.1 Å². The summed E-state index contributed by atoms with van der Waals surface area (Å²) in [5.41, 5.74) is 3.39. The number of rotatable bonds is 6. The maximum absolute atomic E-state index is 12.3. The number of benzene rings is 4. The molecule has 0 saturated heterocycles. The molecule has 146 valence electrons. The largest absolute Gasteiger partial charge is 0.298 e. The molecular weight excluding hydrogens is 390 g/mol. The molecule has 0 aliphatic carbocycles. The van der Waals surface area contributed by atoms with Crippen molar-refractivity contribution in [1.82, 2.24) is 15.2 Å². The van der Waals surface area contributed by atoms with E-state index in [9.17, 15) is 4.79 Å². The minimum atomic E-state index is 0.167. The second kappa shape index (κ2) is 8.13. The van der Waals surface area contributed by atoms with Gasteiger partial charge in [-0.2, -0.15) is 5.10 Å². The van der Waals surface area contributed by atoms with Gasteiger partial charge in [0.25, 0.3) is 0 Å². The van der Waals surface area contributed by atoms with Gasteiger partial charge in [0, 0.05) is 6.42 Å². The monoisotopic (exact) mass is 409 g/mol. The Hall–Kier alpha value is -3.44. The Balaban J connectivity index is 1.41. The summed E-state index contributed by atoms with van der Waals surface area (Å²) in [6, 6.07) is 27.6. The van der Waals surface area contributed by atoms with Crippen LogP contribution in [0.2, 0.25) is 0 Å². The van der Waals surface area contributed by atoms with Gasteiger partial charge in [0.15, 0.2) is 5.16 Å². The maximum Gasteiger partial charge on any atom is 0.183 e. The van der Waals surface area contributed by atoms with Crippen molar-refractivity contribution < 1.29 is 4.79 Å². The summed E-state index contributed by atoms with van der Waals surface area (Å²) in [6.07, 6.45) is 1.86. The van der Waals surface area contributed by atoms with Gasteiger partial charge in [-0.05, 0) is 44.3 Å². The number of ketones is 1. The SMILES string of the molecule is O=C(CSc1ncn[nH]1)Cc1ccc(-c2cc3ccccc3c3ccccc23)cc1. The highest BCUT2D eigenvalue weighted by molar-refractivity contribution is 7.99. The second-order valence-electron chi connectivity index (χ2n) is 7.18. The van der Waals surface area contributed by atoms with E-state index in [0.717, 1.165) is 11.1 Å². The molecule has 0 unspecified atom stereocenters. The Morgan fingerprint density at radius 2 is 1.60 bits per heavy atom. The number of carbonyl (C=O) groups is 1.